The zero-order chi connectivity index (χ0) is 19.3. The molecule has 1 aromatic heterocycles. The minimum Gasteiger partial charge on any atom is -0.497 e. The summed E-state index contributed by atoms with van der Waals surface area (Å²) >= 11 is 1.11. The molecule has 0 saturated carbocycles. The molecule has 0 saturated heterocycles. The fourth-order valence-corrected chi connectivity index (χ4v) is 4.48. The molecule has 0 bridgehead atoms. The van der Waals surface area contributed by atoms with Crippen LogP contribution in [0.2, 0.25) is 0 Å². The van der Waals surface area contributed by atoms with Gasteiger partial charge in [-0.2, -0.15) is 0 Å². The van der Waals surface area contributed by atoms with Crippen LogP contribution in [0.5, 0.6) is 5.75 Å². The van der Waals surface area contributed by atoms with Crippen molar-refractivity contribution in [1.82, 2.24) is 5.32 Å². The first-order valence-corrected chi connectivity index (χ1v) is 10.4. The quantitative estimate of drug-likeness (QED) is 0.634. The summed E-state index contributed by atoms with van der Waals surface area (Å²) in [7, 11) is -2.14. The third kappa shape index (κ3) is 4.66. The Labute approximate surface area is 161 Å². The number of nitrogens with one attached hydrogen (secondary N) is 2. The van der Waals surface area contributed by atoms with Crippen molar-refractivity contribution < 1.29 is 17.9 Å². The first-order chi connectivity index (χ1) is 13.0. The van der Waals surface area contributed by atoms with Crippen molar-refractivity contribution in [2.24, 2.45) is 0 Å². The second-order valence-corrected chi connectivity index (χ2v) is 8.47. The average Bonchev–Trinajstić information content (AvgIpc) is 3.22. The van der Waals surface area contributed by atoms with Gasteiger partial charge in [0.25, 0.3) is 15.9 Å². The number of hydrogen-bond acceptors (Lipinski definition) is 5. The van der Waals surface area contributed by atoms with Crippen LogP contribution in [-0.4, -0.2) is 21.4 Å². The Morgan fingerprint density at radius 1 is 1.04 bits per heavy atom. The zero-order valence-electron chi connectivity index (χ0n) is 14.5. The van der Waals surface area contributed by atoms with Gasteiger partial charge < -0.3 is 10.1 Å². The van der Waals surface area contributed by atoms with Gasteiger partial charge in [0.05, 0.1) is 18.4 Å². The molecule has 8 heteroatoms. The number of hydrogen-bond donors (Lipinski definition) is 2. The van der Waals surface area contributed by atoms with Crippen LogP contribution in [0.3, 0.4) is 0 Å². The second-order valence-electron chi connectivity index (χ2n) is 5.61. The van der Waals surface area contributed by atoms with Crippen LogP contribution in [0.4, 0.5) is 5.69 Å². The predicted molar refractivity (Wildman–Crippen MR) is 106 cm³/mol. The van der Waals surface area contributed by atoms with Crippen molar-refractivity contribution in [3.05, 3.63) is 77.2 Å². The van der Waals surface area contributed by atoms with Gasteiger partial charge in [-0.15, -0.1) is 11.3 Å². The maximum atomic E-state index is 12.6. The number of rotatable bonds is 7. The Hall–Kier alpha value is -2.84. The molecule has 2 N–H and O–H groups in total. The summed E-state index contributed by atoms with van der Waals surface area (Å²) in [5, 5.41) is 4.48. The molecule has 1 amide bonds. The number of carbonyl (C=O) groups is 1. The van der Waals surface area contributed by atoms with Gasteiger partial charge in [-0.25, -0.2) is 8.42 Å². The van der Waals surface area contributed by atoms with Crippen LogP contribution in [0.25, 0.3) is 0 Å². The van der Waals surface area contributed by atoms with E-state index in [1.807, 2.05) is 24.3 Å². The Morgan fingerprint density at radius 2 is 1.78 bits per heavy atom. The highest BCUT2D eigenvalue weighted by molar-refractivity contribution is 7.94. The molecule has 0 radical (unpaired) electrons. The fourth-order valence-electron chi connectivity index (χ4n) is 2.40. The summed E-state index contributed by atoms with van der Waals surface area (Å²) in [5.41, 5.74) is 1.39. The van der Waals surface area contributed by atoms with Crippen molar-refractivity contribution >= 4 is 33.0 Å². The fraction of sp³-hybridized carbons (Fsp3) is 0.105. The lowest BCUT2D eigenvalue weighted by atomic mass is 10.1. The SMILES string of the molecule is COc1ccc(CNC(=O)c2ccccc2NS(=O)(=O)c2cccs2)cc1. The molecule has 0 atom stereocenters. The Kier molecular flexibility index (Phi) is 5.78. The number of benzene rings is 2. The van der Waals surface area contributed by atoms with E-state index in [9.17, 15) is 13.2 Å². The molecule has 3 aromatic rings. The molecule has 0 unspecified atom stereocenters. The standard InChI is InChI=1S/C19H18N2O4S2/c1-25-15-10-8-14(9-11-15)13-20-19(22)16-5-2-3-6-17(16)21-27(23,24)18-7-4-12-26-18/h2-12,21H,13H2,1H3,(H,20,22). The van der Waals surface area contributed by atoms with Crippen LogP contribution in [0.1, 0.15) is 15.9 Å². The van der Waals surface area contributed by atoms with E-state index in [0.717, 1.165) is 22.6 Å². The zero-order valence-corrected chi connectivity index (χ0v) is 16.1. The number of thiophene rings is 1. The van der Waals surface area contributed by atoms with Crippen molar-refractivity contribution in [2.75, 3.05) is 11.8 Å². The molecule has 1 heterocycles. The maximum absolute atomic E-state index is 12.6. The van der Waals surface area contributed by atoms with E-state index in [1.165, 1.54) is 6.07 Å². The third-order valence-electron chi connectivity index (χ3n) is 3.79. The van der Waals surface area contributed by atoms with Gasteiger partial charge in [-0.1, -0.05) is 30.3 Å². The van der Waals surface area contributed by atoms with Crippen molar-refractivity contribution in [1.29, 1.82) is 0 Å². The summed E-state index contributed by atoms with van der Waals surface area (Å²) < 4.78 is 32.7. The highest BCUT2D eigenvalue weighted by atomic mass is 32.2. The van der Waals surface area contributed by atoms with Crippen LogP contribution in [0, 0.1) is 0 Å². The first kappa shape index (κ1) is 18.9. The van der Waals surface area contributed by atoms with Crippen LogP contribution in [-0.2, 0) is 16.6 Å². The summed E-state index contributed by atoms with van der Waals surface area (Å²) in [5.74, 6) is 0.369. The van der Waals surface area contributed by atoms with E-state index in [2.05, 4.69) is 10.0 Å². The van der Waals surface area contributed by atoms with Gasteiger partial charge in [0.1, 0.15) is 9.96 Å². The Morgan fingerprint density at radius 3 is 2.44 bits per heavy atom. The molecular formula is C19H18N2O4S2. The van der Waals surface area contributed by atoms with E-state index in [0.29, 0.717) is 6.54 Å². The van der Waals surface area contributed by atoms with Crippen molar-refractivity contribution in [3.63, 3.8) is 0 Å². The van der Waals surface area contributed by atoms with Gasteiger partial charge in [0.15, 0.2) is 0 Å². The average molecular weight is 402 g/mol. The smallest absolute Gasteiger partial charge is 0.271 e. The molecule has 27 heavy (non-hydrogen) atoms. The number of methoxy groups -OCH3 is 1. The van der Waals surface area contributed by atoms with Gasteiger partial charge in [0, 0.05) is 6.54 Å². The number of anilines is 1. The van der Waals surface area contributed by atoms with E-state index < -0.39 is 10.0 Å². The number of ether oxygens (including phenoxy) is 1. The molecule has 0 aliphatic rings. The third-order valence-corrected chi connectivity index (χ3v) is 6.55. The number of para-hydroxylation sites is 1. The minimum absolute atomic E-state index is 0.191. The second kappa shape index (κ2) is 8.24. The van der Waals surface area contributed by atoms with E-state index in [-0.39, 0.29) is 21.4 Å². The number of carbonyl (C=O) groups excluding carboxylic acids is 1. The van der Waals surface area contributed by atoms with Crippen molar-refractivity contribution in [2.45, 2.75) is 10.8 Å². The van der Waals surface area contributed by atoms with Crippen LogP contribution >= 0.6 is 11.3 Å². The minimum atomic E-state index is -3.73. The lowest BCUT2D eigenvalue weighted by Gasteiger charge is -2.12. The number of sulfonamides is 1. The summed E-state index contributed by atoms with van der Waals surface area (Å²) in [6.45, 7) is 0.314. The highest BCUT2D eigenvalue weighted by Crippen LogP contribution is 2.23. The monoisotopic (exact) mass is 402 g/mol. The predicted octanol–water partition coefficient (Wildman–Crippen LogP) is 3.49. The van der Waals surface area contributed by atoms with Crippen molar-refractivity contribution in [3.8, 4) is 5.75 Å². The van der Waals surface area contributed by atoms with Gasteiger partial charge in [-0.05, 0) is 41.3 Å². The molecule has 2 aromatic carbocycles. The molecular weight excluding hydrogens is 384 g/mol. The molecule has 0 fully saturated rings. The largest absolute Gasteiger partial charge is 0.497 e. The number of amides is 1. The summed E-state index contributed by atoms with van der Waals surface area (Å²) in [4.78, 5) is 12.6. The topological polar surface area (TPSA) is 84.5 Å². The molecule has 3 rings (SSSR count). The van der Waals surface area contributed by atoms with Crippen LogP contribution < -0.4 is 14.8 Å². The maximum Gasteiger partial charge on any atom is 0.271 e. The van der Waals surface area contributed by atoms with E-state index in [4.69, 9.17) is 4.74 Å². The Bertz CT molecular complexity index is 1010. The van der Waals surface area contributed by atoms with E-state index in [1.54, 1.807) is 42.8 Å². The van der Waals surface area contributed by atoms with Gasteiger partial charge >= 0.3 is 0 Å². The van der Waals surface area contributed by atoms with Gasteiger partial charge in [0.2, 0.25) is 0 Å². The van der Waals surface area contributed by atoms with Crippen LogP contribution in [0.15, 0.2) is 70.3 Å². The molecule has 0 spiro atoms. The lowest BCUT2D eigenvalue weighted by molar-refractivity contribution is 0.0952. The normalized spacial score (nSPS) is 11.0. The first-order valence-electron chi connectivity index (χ1n) is 8.06. The molecule has 0 aliphatic carbocycles. The molecule has 140 valence electrons. The summed E-state index contributed by atoms with van der Waals surface area (Å²) in [6.07, 6.45) is 0. The molecule has 6 nitrogen and oxygen atoms in total. The molecule has 0 aliphatic heterocycles. The lowest BCUT2D eigenvalue weighted by Crippen LogP contribution is -2.24. The highest BCUT2D eigenvalue weighted by Gasteiger charge is 2.19. The summed E-state index contributed by atoms with van der Waals surface area (Å²) in [6, 6.07) is 17.0. The van der Waals surface area contributed by atoms with Gasteiger partial charge in [-0.3, -0.25) is 9.52 Å². The van der Waals surface area contributed by atoms with E-state index >= 15 is 0 Å². The Balaban J connectivity index is 1.73.